The van der Waals surface area contributed by atoms with Crippen LogP contribution in [0.25, 0.3) is 5.57 Å². The number of rotatable bonds is 2. The second kappa shape index (κ2) is 6.69. The maximum absolute atomic E-state index is 13.8. The lowest BCUT2D eigenvalue weighted by Gasteiger charge is -2.24. The fourth-order valence-corrected chi connectivity index (χ4v) is 2.79. The van der Waals surface area contributed by atoms with Crippen molar-refractivity contribution in [3.63, 3.8) is 0 Å². The SMILES string of the molecule is CC1C=C(c2cc(F)ccc2C#N)c2cc(C(=O)N=C(N)N)ccc2O1. The third-order valence-corrected chi connectivity index (χ3v) is 3.85. The molecule has 0 saturated heterocycles. The van der Waals surface area contributed by atoms with Crippen LogP contribution in [0.4, 0.5) is 4.39 Å². The molecule has 1 aliphatic rings. The second-order valence-electron chi connectivity index (χ2n) is 5.76. The predicted octanol–water partition coefficient (Wildman–Crippen LogP) is 2.32. The van der Waals surface area contributed by atoms with Crippen molar-refractivity contribution in [3.8, 4) is 11.8 Å². The van der Waals surface area contributed by atoms with Gasteiger partial charge >= 0.3 is 0 Å². The first-order valence-electron chi connectivity index (χ1n) is 7.76. The van der Waals surface area contributed by atoms with E-state index < -0.39 is 11.7 Å². The van der Waals surface area contributed by atoms with Gasteiger partial charge in [0.05, 0.1) is 11.6 Å². The molecule has 2 aromatic carbocycles. The van der Waals surface area contributed by atoms with E-state index in [0.717, 1.165) is 0 Å². The van der Waals surface area contributed by atoms with E-state index in [0.29, 0.717) is 28.0 Å². The molecule has 2 aromatic rings. The lowest BCUT2D eigenvalue weighted by molar-refractivity contribution is 0.100. The van der Waals surface area contributed by atoms with Crippen molar-refractivity contribution in [2.24, 2.45) is 16.5 Å². The van der Waals surface area contributed by atoms with Gasteiger partial charge in [0.2, 0.25) is 0 Å². The Balaban J connectivity index is 2.18. The molecule has 26 heavy (non-hydrogen) atoms. The molecule has 1 heterocycles. The molecule has 1 amide bonds. The molecule has 0 aromatic heterocycles. The van der Waals surface area contributed by atoms with Gasteiger partial charge in [-0.25, -0.2) is 4.39 Å². The van der Waals surface area contributed by atoms with E-state index in [4.69, 9.17) is 16.2 Å². The van der Waals surface area contributed by atoms with Crippen LogP contribution in [-0.4, -0.2) is 18.0 Å². The largest absolute Gasteiger partial charge is 0.486 e. The molecule has 1 atom stereocenters. The summed E-state index contributed by atoms with van der Waals surface area (Å²) in [5.74, 6) is -0.895. The Kier molecular flexibility index (Phi) is 4.42. The minimum absolute atomic E-state index is 0.246. The zero-order valence-corrected chi connectivity index (χ0v) is 13.9. The lowest BCUT2D eigenvalue weighted by atomic mass is 9.90. The van der Waals surface area contributed by atoms with Gasteiger partial charge in [-0.05, 0) is 55.0 Å². The molecule has 3 rings (SSSR count). The second-order valence-corrected chi connectivity index (χ2v) is 5.76. The molecule has 0 fully saturated rings. The molecule has 4 N–H and O–H groups in total. The van der Waals surface area contributed by atoms with E-state index in [-0.39, 0.29) is 17.6 Å². The zero-order valence-electron chi connectivity index (χ0n) is 13.9. The molecule has 0 bridgehead atoms. The van der Waals surface area contributed by atoms with Crippen molar-refractivity contribution in [1.29, 1.82) is 5.26 Å². The number of carbonyl (C=O) groups excluding carboxylic acids is 1. The highest BCUT2D eigenvalue weighted by Gasteiger charge is 2.23. The summed E-state index contributed by atoms with van der Waals surface area (Å²) in [5, 5.41) is 9.37. The van der Waals surface area contributed by atoms with Crippen LogP contribution in [0.5, 0.6) is 5.75 Å². The van der Waals surface area contributed by atoms with Gasteiger partial charge in [-0.1, -0.05) is 0 Å². The Hall–Kier alpha value is -3.66. The summed E-state index contributed by atoms with van der Waals surface area (Å²) < 4.78 is 19.5. The van der Waals surface area contributed by atoms with Gasteiger partial charge < -0.3 is 16.2 Å². The summed E-state index contributed by atoms with van der Waals surface area (Å²) in [6.45, 7) is 1.83. The maximum Gasteiger partial charge on any atom is 0.280 e. The molecule has 130 valence electrons. The molecule has 0 saturated carbocycles. The number of nitriles is 1. The Morgan fingerprint density at radius 3 is 2.69 bits per heavy atom. The minimum Gasteiger partial charge on any atom is -0.486 e. The van der Waals surface area contributed by atoms with Crippen molar-refractivity contribution in [3.05, 3.63) is 70.5 Å². The van der Waals surface area contributed by atoms with Crippen molar-refractivity contribution in [2.75, 3.05) is 0 Å². The first-order valence-corrected chi connectivity index (χ1v) is 7.76. The van der Waals surface area contributed by atoms with E-state index in [1.807, 2.05) is 6.92 Å². The maximum atomic E-state index is 13.8. The van der Waals surface area contributed by atoms with Crippen molar-refractivity contribution < 1.29 is 13.9 Å². The van der Waals surface area contributed by atoms with Crippen LogP contribution in [0.1, 0.15) is 34.0 Å². The van der Waals surface area contributed by atoms with E-state index in [2.05, 4.69) is 11.1 Å². The lowest BCUT2D eigenvalue weighted by Crippen LogP contribution is -2.24. The fourth-order valence-electron chi connectivity index (χ4n) is 2.79. The zero-order chi connectivity index (χ0) is 18.8. The number of nitrogens with two attached hydrogens (primary N) is 2. The summed E-state index contributed by atoms with van der Waals surface area (Å²) in [6.07, 6.45) is 1.49. The highest BCUT2D eigenvalue weighted by Crippen LogP contribution is 2.38. The number of guanidine groups is 1. The summed E-state index contributed by atoms with van der Waals surface area (Å²) in [7, 11) is 0. The number of fused-ring (bicyclic) bond motifs is 1. The average molecular weight is 350 g/mol. The Morgan fingerprint density at radius 2 is 2.00 bits per heavy atom. The number of hydrogen-bond donors (Lipinski definition) is 2. The van der Waals surface area contributed by atoms with Crippen molar-refractivity contribution >= 4 is 17.4 Å². The first-order chi connectivity index (χ1) is 12.4. The molecule has 0 radical (unpaired) electrons. The Labute approximate surface area is 149 Å². The van der Waals surface area contributed by atoms with Gasteiger partial charge in [-0.3, -0.25) is 4.79 Å². The van der Waals surface area contributed by atoms with Gasteiger partial charge in [0, 0.05) is 16.7 Å². The predicted molar refractivity (Wildman–Crippen MR) is 94.9 cm³/mol. The molecule has 6 nitrogen and oxygen atoms in total. The Bertz CT molecular complexity index is 1000. The van der Waals surface area contributed by atoms with Gasteiger partial charge in [-0.2, -0.15) is 10.3 Å². The van der Waals surface area contributed by atoms with Crippen LogP contribution in [0, 0.1) is 17.1 Å². The molecule has 0 aliphatic carbocycles. The van der Waals surface area contributed by atoms with E-state index in [1.165, 1.54) is 18.2 Å². The van der Waals surface area contributed by atoms with Crippen LogP contribution in [0.3, 0.4) is 0 Å². The standard InChI is InChI=1S/C19H15FN4O2/c1-10-6-15(14-8-13(20)4-2-12(14)9-21)16-7-11(3-5-17(16)26-10)18(25)24-19(22)23/h2-8,10H,1H3,(H4,22,23,24,25). The van der Waals surface area contributed by atoms with Crippen molar-refractivity contribution in [1.82, 2.24) is 0 Å². The third-order valence-electron chi connectivity index (χ3n) is 3.85. The highest BCUT2D eigenvalue weighted by molar-refractivity contribution is 6.03. The summed E-state index contributed by atoms with van der Waals surface area (Å²) in [5.41, 5.74) is 12.7. The third kappa shape index (κ3) is 3.26. The Morgan fingerprint density at radius 1 is 1.23 bits per heavy atom. The molecule has 7 heteroatoms. The number of amides is 1. The smallest absolute Gasteiger partial charge is 0.280 e. The summed E-state index contributed by atoms with van der Waals surface area (Å²) in [4.78, 5) is 15.6. The van der Waals surface area contributed by atoms with Crippen molar-refractivity contribution in [2.45, 2.75) is 13.0 Å². The van der Waals surface area contributed by atoms with Crippen LogP contribution < -0.4 is 16.2 Å². The molecular weight excluding hydrogens is 335 g/mol. The number of halogens is 1. The van der Waals surface area contributed by atoms with Gasteiger partial charge in [0.1, 0.15) is 17.7 Å². The van der Waals surface area contributed by atoms with Crippen LogP contribution in [0.2, 0.25) is 0 Å². The molecular formula is C19H15FN4O2. The topological polar surface area (TPSA) is 114 Å². The van der Waals surface area contributed by atoms with E-state index in [1.54, 1.807) is 24.3 Å². The van der Waals surface area contributed by atoms with Crippen LogP contribution in [-0.2, 0) is 0 Å². The average Bonchev–Trinajstić information content (AvgIpc) is 2.60. The van der Waals surface area contributed by atoms with Gasteiger partial charge in [0.15, 0.2) is 5.96 Å². The molecule has 1 aliphatic heterocycles. The number of benzene rings is 2. The van der Waals surface area contributed by atoms with E-state index in [9.17, 15) is 14.4 Å². The minimum atomic E-state index is -0.606. The number of aliphatic imine (C=N–C) groups is 1. The monoisotopic (exact) mass is 350 g/mol. The van der Waals surface area contributed by atoms with Crippen LogP contribution in [0.15, 0.2) is 47.5 Å². The van der Waals surface area contributed by atoms with Gasteiger partial charge in [0.25, 0.3) is 5.91 Å². The first kappa shape index (κ1) is 17.2. The number of ether oxygens (including phenoxy) is 1. The van der Waals surface area contributed by atoms with Crippen LogP contribution >= 0.6 is 0 Å². The molecule has 1 unspecified atom stereocenters. The highest BCUT2D eigenvalue weighted by atomic mass is 19.1. The number of hydrogen-bond acceptors (Lipinski definition) is 3. The van der Waals surface area contributed by atoms with Gasteiger partial charge in [-0.15, -0.1) is 0 Å². The number of nitrogens with zero attached hydrogens (tertiary/aromatic N) is 2. The number of carbonyl (C=O) groups is 1. The fraction of sp³-hybridized carbons (Fsp3) is 0.105. The van der Waals surface area contributed by atoms with E-state index >= 15 is 0 Å². The molecule has 0 spiro atoms. The summed E-state index contributed by atoms with van der Waals surface area (Å²) in [6, 6.07) is 10.7. The summed E-state index contributed by atoms with van der Waals surface area (Å²) >= 11 is 0. The quantitative estimate of drug-likeness (QED) is 0.637. The normalized spacial score (nSPS) is 15.1.